The molecule has 0 radical (unpaired) electrons. The molecule has 2 aliphatic heterocycles. The third-order valence-electron chi connectivity index (χ3n) is 5.93. The second-order valence-corrected chi connectivity index (χ2v) is 8.26. The van der Waals surface area contributed by atoms with E-state index in [1.807, 2.05) is 23.1 Å². The fourth-order valence-electron chi connectivity index (χ4n) is 4.25. The number of rotatable bonds is 4. The SMILES string of the molecule is CC(C)N1CCC(Oc2ccc3[nH]c(C(=O)N4CCCCCC4)cc3c2)C1. The topological polar surface area (TPSA) is 48.6 Å². The number of fused-ring (bicyclic) bond motifs is 1. The third kappa shape index (κ3) is 4.13. The van der Waals surface area contributed by atoms with Crippen molar-refractivity contribution in [1.82, 2.24) is 14.8 Å². The molecule has 0 spiro atoms. The van der Waals surface area contributed by atoms with E-state index in [1.54, 1.807) is 0 Å². The molecule has 1 amide bonds. The number of amides is 1. The van der Waals surface area contributed by atoms with Crippen LogP contribution in [-0.4, -0.2) is 59.0 Å². The molecule has 0 bridgehead atoms. The number of hydrogen-bond donors (Lipinski definition) is 1. The molecule has 5 nitrogen and oxygen atoms in total. The van der Waals surface area contributed by atoms with Gasteiger partial charge < -0.3 is 14.6 Å². The summed E-state index contributed by atoms with van der Waals surface area (Å²) in [6, 6.07) is 8.64. The van der Waals surface area contributed by atoms with Gasteiger partial charge in [-0.05, 0) is 57.4 Å². The Kier molecular flexibility index (Phi) is 5.39. The lowest BCUT2D eigenvalue weighted by Crippen LogP contribution is -2.32. The van der Waals surface area contributed by atoms with Gasteiger partial charge in [-0.2, -0.15) is 0 Å². The highest BCUT2D eigenvalue weighted by atomic mass is 16.5. The van der Waals surface area contributed by atoms with E-state index in [1.165, 1.54) is 12.8 Å². The highest BCUT2D eigenvalue weighted by Crippen LogP contribution is 2.25. The number of carbonyl (C=O) groups excluding carboxylic acids is 1. The van der Waals surface area contributed by atoms with Crippen LogP contribution >= 0.6 is 0 Å². The highest BCUT2D eigenvalue weighted by Gasteiger charge is 2.25. The predicted molar refractivity (Wildman–Crippen MR) is 108 cm³/mol. The van der Waals surface area contributed by atoms with E-state index in [2.05, 4.69) is 29.8 Å². The molecule has 2 aromatic rings. The summed E-state index contributed by atoms with van der Waals surface area (Å²) in [7, 11) is 0. The Labute approximate surface area is 161 Å². The van der Waals surface area contributed by atoms with Crippen LogP contribution in [0.4, 0.5) is 0 Å². The van der Waals surface area contributed by atoms with E-state index < -0.39 is 0 Å². The quantitative estimate of drug-likeness (QED) is 0.885. The molecule has 1 unspecified atom stereocenters. The number of H-pyrrole nitrogens is 1. The lowest BCUT2D eigenvalue weighted by atomic mass is 10.2. The number of carbonyl (C=O) groups is 1. The van der Waals surface area contributed by atoms with Crippen LogP contribution in [0.15, 0.2) is 24.3 Å². The maximum Gasteiger partial charge on any atom is 0.270 e. The zero-order chi connectivity index (χ0) is 18.8. The van der Waals surface area contributed by atoms with Crippen molar-refractivity contribution in [2.45, 2.75) is 58.1 Å². The molecule has 1 atom stereocenters. The largest absolute Gasteiger partial charge is 0.489 e. The minimum atomic E-state index is 0.124. The number of nitrogens with one attached hydrogen (secondary N) is 1. The Morgan fingerprint density at radius 3 is 2.59 bits per heavy atom. The standard InChI is InChI=1S/C22H31N3O2/c1-16(2)25-12-9-19(15-25)27-18-7-8-20-17(13-18)14-21(23-20)22(26)24-10-5-3-4-6-11-24/h7-8,13-14,16,19,23H,3-6,9-12,15H2,1-2H3. The first-order valence-corrected chi connectivity index (χ1v) is 10.4. The van der Waals surface area contributed by atoms with Gasteiger partial charge in [0.05, 0.1) is 0 Å². The number of benzene rings is 1. The van der Waals surface area contributed by atoms with Crippen molar-refractivity contribution in [2.24, 2.45) is 0 Å². The Morgan fingerprint density at radius 1 is 1.11 bits per heavy atom. The summed E-state index contributed by atoms with van der Waals surface area (Å²) >= 11 is 0. The summed E-state index contributed by atoms with van der Waals surface area (Å²) < 4.78 is 6.22. The molecule has 1 aromatic carbocycles. The number of nitrogens with zero attached hydrogens (tertiary/aromatic N) is 2. The molecule has 0 aliphatic carbocycles. The van der Waals surface area contributed by atoms with Crippen molar-refractivity contribution < 1.29 is 9.53 Å². The van der Waals surface area contributed by atoms with Gasteiger partial charge in [-0.3, -0.25) is 9.69 Å². The molecule has 27 heavy (non-hydrogen) atoms. The molecule has 1 N–H and O–H groups in total. The number of likely N-dealkylation sites (tertiary alicyclic amines) is 2. The van der Waals surface area contributed by atoms with Crippen molar-refractivity contribution in [3.05, 3.63) is 30.0 Å². The van der Waals surface area contributed by atoms with Crippen LogP contribution in [0, 0.1) is 0 Å². The van der Waals surface area contributed by atoms with E-state index in [4.69, 9.17) is 4.74 Å². The van der Waals surface area contributed by atoms with E-state index in [-0.39, 0.29) is 12.0 Å². The van der Waals surface area contributed by atoms with Crippen LogP contribution in [0.25, 0.3) is 10.9 Å². The first-order valence-electron chi connectivity index (χ1n) is 10.4. The predicted octanol–water partition coefficient (Wildman–Crippen LogP) is 4.05. The number of hydrogen-bond acceptors (Lipinski definition) is 3. The molecule has 5 heteroatoms. The fraction of sp³-hybridized carbons (Fsp3) is 0.591. The Bertz CT molecular complexity index is 790. The van der Waals surface area contributed by atoms with Gasteiger partial charge in [0, 0.05) is 43.1 Å². The summed E-state index contributed by atoms with van der Waals surface area (Å²) in [5.74, 6) is 1.02. The summed E-state index contributed by atoms with van der Waals surface area (Å²) in [6.45, 7) is 8.30. The normalized spacial score (nSPS) is 21.7. The summed E-state index contributed by atoms with van der Waals surface area (Å²) in [4.78, 5) is 20.6. The van der Waals surface area contributed by atoms with Gasteiger partial charge >= 0.3 is 0 Å². The van der Waals surface area contributed by atoms with E-state index in [9.17, 15) is 4.79 Å². The molecule has 2 aliphatic rings. The van der Waals surface area contributed by atoms with Crippen molar-refractivity contribution in [2.75, 3.05) is 26.2 Å². The number of aromatic nitrogens is 1. The summed E-state index contributed by atoms with van der Waals surface area (Å²) in [5.41, 5.74) is 1.69. The molecule has 4 rings (SSSR count). The van der Waals surface area contributed by atoms with Crippen molar-refractivity contribution >= 4 is 16.8 Å². The van der Waals surface area contributed by atoms with Crippen LogP contribution in [-0.2, 0) is 0 Å². The fourth-order valence-corrected chi connectivity index (χ4v) is 4.25. The monoisotopic (exact) mass is 369 g/mol. The van der Waals surface area contributed by atoms with Gasteiger partial charge in [0.25, 0.3) is 5.91 Å². The number of aromatic amines is 1. The lowest BCUT2D eigenvalue weighted by molar-refractivity contribution is 0.0756. The Hall–Kier alpha value is -2.01. The second-order valence-electron chi connectivity index (χ2n) is 8.26. The van der Waals surface area contributed by atoms with E-state index in [0.717, 1.165) is 62.1 Å². The van der Waals surface area contributed by atoms with Crippen molar-refractivity contribution in [3.63, 3.8) is 0 Å². The number of ether oxygens (including phenoxy) is 1. The Balaban J connectivity index is 1.46. The van der Waals surface area contributed by atoms with E-state index in [0.29, 0.717) is 11.7 Å². The molecule has 0 saturated carbocycles. The van der Waals surface area contributed by atoms with Crippen molar-refractivity contribution in [3.8, 4) is 5.75 Å². The molecule has 3 heterocycles. The lowest BCUT2D eigenvalue weighted by Gasteiger charge is -2.20. The average Bonchev–Trinajstić information content (AvgIpc) is 3.20. The molecule has 2 saturated heterocycles. The van der Waals surface area contributed by atoms with Gasteiger partial charge in [0.2, 0.25) is 0 Å². The Morgan fingerprint density at radius 2 is 1.89 bits per heavy atom. The van der Waals surface area contributed by atoms with Crippen LogP contribution in [0.5, 0.6) is 5.75 Å². The van der Waals surface area contributed by atoms with Gasteiger partial charge in [-0.25, -0.2) is 0 Å². The molecular formula is C22H31N3O2. The second kappa shape index (κ2) is 7.93. The maximum absolute atomic E-state index is 12.8. The minimum absolute atomic E-state index is 0.124. The smallest absolute Gasteiger partial charge is 0.270 e. The van der Waals surface area contributed by atoms with Crippen LogP contribution < -0.4 is 4.74 Å². The summed E-state index contributed by atoms with van der Waals surface area (Å²) in [5, 5.41) is 1.05. The van der Waals surface area contributed by atoms with Crippen LogP contribution in [0.2, 0.25) is 0 Å². The zero-order valence-electron chi connectivity index (χ0n) is 16.5. The molecule has 146 valence electrons. The average molecular weight is 370 g/mol. The van der Waals surface area contributed by atoms with Crippen LogP contribution in [0.1, 0.15) is 56.4 Å². The first-order chi connectivity index (χ1) is 13.1. The maximum atomic E-state index is 12.8. The van der Waals surface area contributed by atoms with Gasteiger partial charge in [-0.1, -0.05) is 12.8 Å². The van der Waals surface area contributed by atoms with Gasteiger partial charge in [-0.15, -0.1) is 0 Å². The van der Waals surface area contributed by atoms with Gasteiger partial charge in [0.1, 0.15) is 17.5 Å². The van der Waals surface area contributed by atoms with Crippen LogP contribution in [0.3, 0.4) is 0 Å². The minimum Gasteiger partial charge on any atom is -0.489 e. The zero-order valence-corrected chi connectivity index (χ0v) is 16.5. The molecular weight excluding hydrogens is 338 g/mol. The van der Waals surface area contributed by atoms with Crippen molar-refractivity contribution in [1.29, 1.82) is 0 Å². The van der Waals surface area contributed by atoms with E-state index >= 15 is 0 Å². The molecule has 2 fully saturated rings. The summed E-state index contributed by atoms with van der Waals surface area (Å²) in [6.07, 6.45) is 6.00. The third-order valence-corrected chi connectivity index (χ3v) is 5.93. The molecule has 1 aromatic heterocycles. The highest BCUT2D eigenvalue weighted by molar-refractivity contribution is 5.98. The first kappa shape index (κ1) is 18.4. The van der Waals surface area contributed by atoms with Gasteiger partial charge in [0.15, 0.2) is 0 Å².